The molecule has 0 aliphatic rings. The van der Waals surface area contributed by atoms with Gasteiger partial charge in [-0.25, -0.2) is 0 Å². The molecule has 0 saturated carbocycles. The molecule has 9 rings (SSSR count). The van der Waals surface area contributed by atoms with Crippen LogP contribution < -0.4 is 4.90 Å². The van der Waals surface area contributed by atoms with Crippen LogP contribution in [0.2, 0.25) is 0 Å². The topological polar surface area (TPSA) is 16.4 Å². The van der Waals surface area contributed by atoms with E-state index in [0.29, 0.717) is 0 Å². The normalized spacial score (nSPS) is 11.5. The molecule has 8 aromatic carbocycles. The highest BCUT2D eigenvalue weighted by molar-refractivity contribution is 6.07. The van der Waals surface area contributed by atoms with E-state index in [4.69, 9.17) is 4.42 Å². The molecule has 0 fully saturated rings. The van der Waals surface area contributed by atoms with Crippen molar-refractivity contribution in [3.05, 3.63) is 176 Å². The molecule has 0 spiro atoms. The lowest BCUT2D eigenvalue weighted by Gasteiger charge is -2.27. The minimum atomic E-state index is 0.888. The van der Waals surface area contributed by atoms with Crippen molar-refractivity contribution in [2.45, 2.75) is 0 Å². The molecule has 0 unspecified atom stereocenters. The molecule has 1 heterocycles. The van der Waals surface area contributed by atoms with Gasteiger partial charge in [0.25, 0.3) is 0 Å². The van der Waals surface area contributed by atoms with Crippen LogP contribution >= 0.6 is 0 Å². The summed E-state index contributed by atoms with van der Waals surface area (Å²) in [7, 11) is 0. The first-order valence-electron chi connectivity index (χ1n) is 15.7. The smallest absolute Gasteiger partial charge is 0.135 e. The van der Waals surface area contributed by atoms with E-state index in [9.17, 15) is 0 Å². The van der Waals surface area contributed by atoms with Crippen LogP contribution in [0.1, 0.15) is 0 Å². The Labute approximate surface area is 267 Å². The summed E-state index contributed by atoms with van der Waals surface area (Å²) in [6, 6.07) is 62.9. The number of furan rings is 1. The van der Waals surface area contributed by atoms with Crippen LogP contribution in [-0.4, -0.2) is 0 Å². The van der Waals surface area contributed by atoms with Gasteiger partial charge in [-0.1, -0.05) is 127 Å². The number of benzene rings is 8. The number of anilines is 3. The quantitative estimate of drug-likeness (QED) is 0.199. The fourth-order valence-electron chi connectivity index (χ4n) is 6.88. The minimum Gasteiger partial charge on any atom is -0.456 e. The molecule has 0 N–H and O–H groups in total. The molecule has 216 valence electrons. The zero-order chi connectivity index (χ0) is 30.5. The van der Waals surface area contributed by atoms with Gasteiger partial charge in [0, 0.05) is 27.8 Å². The third-order valence-electron chi connectivity index (χ3n) is 9.03. The molecular weight excluding hydrogens is 558 g/mol. The van der Waals surface area contributed by atoms with E-state index in [-0.39, 0.29) is 0 Å². The zero-order valence-electron chi connectivity index (χ0n) is 25.1. The van der Waals surface area contributed by atoms with Gasteiger partial charge in [-0.2, -0.15) is 0 Å². The first kappa shape index (κ1) is 26.3. The third kappa shape index (κ3) is 4.43. The number of rotatable bonds is 5. The zero-order valence-corrected chi connectivity index (χ0v) is 25.1. The number of para-hydroxylation sites is 1. The molecule has 46 heavy (non-hydrogen) atoms. The molecule has 0 amide bonds. The molecule has 9 aromatic rings. The van der Waals surface area contributed by atoms with E-state index in [2.05, 4.69) is 169 Å². The van der Waals surface area contributed by atoms with Gasteiger partial charge in [0.2, 0.25) is 0 Å². The van der Waals surface area contributed by atoms with Crippen LogP contribution in [0.4, 0.5) is 17.1 Å². The average Bonchev–Trinajstić information content (AvgIpc) is 3.50. The molecule has 0 bridgehead atoms. The molecule has 0 aliphatic heterocycles. The van der Waals surface area contributed by atoms with E-state index < -0.39 is 0 Å². The maximum atomic E-state index is 6.22. The van der Waals surface area contributed by atoms with Crippen molar-refractivity contribution >= 4 is 60.5 Å². The Morgan fingerprint density at radius 2 is 0.804 bits per heavy atom. The Kier molecular flexibility index (Phi) is 6.17. The predicted molar refractivity (Wildman–Crippen MR) is 194 cm³/mol. The second-order valence-electron chi connectivity index (χ2n) is 11.8. The van der Waals surface area contributed by atoms with Gasteiger partial charge in [0.1, 0.15) is 11.2 Å². The molecule has 0 radical (unpaired) electrons. The largest absolute Gasteiger partial charge is 0.456 e. The maximum Gasteiger partial charge on any atom is 0.135 e. The fourth-order valence-corrected chi connectivity index (χ4v) is 6.88. The second kappa shape index (κ2) is 10.8. The minimum absolute atomic E-state index is 0.888. The van der Waals surface area contributed by atoms with Crippen molar-refractivity contribution in [3.8, 4) is 22.3 Å². The molecule has 2 heteroatoms. The van der Waals surface area contributed by atoms with Gasteiger partial charge in [-0.3, -0.25) is 0 Å². The Bertz CT molecular complexity index is 2420. The highest BCUT2D eigenvalue weighted by atomic mass is 16.3. The number of hydrogen-bond donors (Lipinski definition) is 0. The van der Waals surface area contributed by atoms with Gasteiger partial charge in [0.05, 0.1) is 0 Å². The summed E-state index contributed by atoms with van der Waals surface area (Å²) in [5, 5.41) is 7.20. The fraction of sp³-hybridized carbons (Fsp3) is 0. The lowest BCUT2D eigenvalue weighted by atomic mass is 9.97. The van der Waals surface area contributed by atoms with Gasteiger partial charge in [-0.15, -0.1) is 0 Å². The van der Waals surface area contributed by atoms with Crippen molar-refractivity contribution < 1.29 is 4.42 Å². The molecule has 2 nitrogen and oxygen atoms in total. The van der Waals surface area contributed by atoms with Crippen molar-refractivity contribution in [2.24, 2.45) is 0 Å². The molecular formula is C44H29NO. The van der Waals surface area contributed by atoms with Crippen molar-refractivity contribution in [1.29, 1.82) is 0 Å². The van der Waals surface area contributed by atoms with E-state index in [1.807, 2.05) is 12.1 Å². The van der Waals surface area contributed by atoms with Crippen LogP contribution in [0, 0.1) is 0 Å². The van der Waals surface area contributed by atoms with Crippen molar-refractivity contribution in [3.63, 3.8) is 0 Å². The van der Waals surface area contributed by atoms with E-state index in [0.717, 1.165) is 39.0 Å². The highest BCUT2D eigenvalue weighted by Crippen LogP contribution is 2.42. The summed E-state index contributed by atoms with van der Waals surface area (Å²) in [6.45, 7) is 0. The lowest BCUT2D eigenvalue weighted by Crippen LogP contribution is -2.10. The number of fused-ring (bicyclic) bond motifs is 5. The van der Waals surface area contributed by atoms with Gasteiger partial charge in [-0.05, 0) is 92.3 Å². The SMILES string of the molecule is c1cc(-c2cccc3ccccc23)cc(N(c2cccc(-c3cccc4ccccc34)c2)c2ccc3oc4ccccc4c3c2)c1. The Balaban J connectivity index is 1.26. The highest BCUT2D eigenvalue weighted by Gasteiger charge is 2.17. The Hall–Kier alpha value is -6.12. The molecule has 0 saturated heterocycles. The number of hydrogen-bond acceptors (Lipinski definition) is 2. The average molecular weight is 588 g/mol. The maximum absolute atomic E-state index is 6.22. The number of nitrogens with zero attached hydrogens (tertiary/aromatic N) is 1. The van der Waals surface area contributed by atoms with Gasteiger partial charge < -0.3 is 9.32 Å². The Morgan fingerprint density at radius 1 is 0.326 bits per heavy atom. The first-order valence-corrected chi connectivity index (χ1v) is 15.7. The summed E-state index contributed by atoms with van der Waals surface area (Å²) < 4.78 is 6.22. The lowest BCUT2D eigenvalue weighted by molar-refractivity contribution is 0.669. The van der Waals surface area contributed by atoms with Gasteiger partial charge in [0.15, 0.2) is 0 Å². The van der Waals surface area contributed by atoms with Crippen LogP contribution in [0.15, 0.2) is 180 Å². The third-order valence-corrected chi connectivity index (χ3v) is 9.03. The van der Waals surface area contributed by atoms with E-state index in [1.165, 1.54) is 43.8 Å². The molecule has 1 aromatic heterocycles. The standard InChI is InChI=1S/C44H29NO/c1-3-19-37-30(11-1)13-9-22-39(37)32-15-7-17-34(27-32)45(36-25-26-44-42(29-36)41-21-5-6-24-43(41)46-44)35-18-8-16-33(28-35)40-23-10-14-31-12-2-4-20-38(31)40/h1-29H. The van der Waals surface area contributed by atoms with Gasteiger partial charge >= 0.3 is 0 Å². The van der Waals surface area contributed by atoms with Crippen LogP contribution in [0.5, 0.6) is 0 Å². The van der Waals surface area contributed by atoms with Crippen LogP contribution in [0.3, 0.4) is 0 Å². The van der Waals surface area contributed by atoms with Crippen LogP contribution in [0.25, 0.3) is 65.7 Å². The summed E-state index contributed by atoms with van der Waals surface area (Å²) in [6.07, 6.45) is 0. The first-order chi connectivity index (χ1) is 22.8. The monoisotopic (exact) mass is 587 g/mol. The second-order valence-corrected chi connectivity index (χ2v) is 11.8. The van der Waals surface area contributed by atoms with Crippen LogP contribution in [-0.2, 0) is 0 Å². The molecule has 0 aliphatic carbocycles. The summed E-state index contributed by atoms with van der Waals surface area (Å²) in [5.41, 5.74) is 9.85. The molecule has 0 atom stereocenters. The summed E-state index contributed by atoms with van der Waals surface area (Å²) in [4.78, 5) is 2.37. The Morgan fingerprint density at radius 3 is 1.43 bits per heavy atom. The van der Waals surface area contributed by atoms with Crippen molar-refractivity contribution in [2.75, 3.05) is 4.90 Å². The van der Waals surface area contributed by atoms with E-state index >= 15 is 0 Å². The van der Waals surface area contributed by atoms with E-state index in [1.54, 1.807) is 0 Å². The summed E-state index contributed by atoms with van der Waals surface area (Å²) >= 11 is 0. The van der Waals surface area contributed by atoms with Crippen molar-refractivity contribution in [1.82, 2.24) is 0 Å². The predicted octanol–water partition coefficient (Wildman–Crippen LogP) is 12.7. The summed E-state index contributed by atoms with van der Waals surface area (Å²) in [5.74, 6) is 0.